The average molecular weight is 389 g/mol. The highest BCUT2D eigenvalue weighted by atomic mass is 16.5. The molecule has 2 aromatic carbocycles. The van der Waals surface area contributed by atoms with Gasteiger partial charge in [-0.1, -0.05) is 31.5 Å². The molecule has 0 N–H and O–H groups in total. The number of rotatable bonds is 8. The molecule has 3 heteroatoms. The molecule has 152 valence electrons. The molecule has 0 aromatic heterocycles. The molecule has 0 bridgehead atoms. The molecular weight excluding hydrogens is 356 g/mol. The zero-order valence-electron chi connectivity index (χ0n) is 18.5. The molecule has 2 rings (SSSR count). The summed E-state index contributed by atoms with van der Waals surface area (Å²) in [6.45, 7) is 12.4. The second-order valence-corrected chi connectivity index (χ2v) is 7.72. The maximum atomic E-state index is 9.45. The van der Waals surface area contributed by atoms with Crippen LogP contribution in [0.3, 0.4) is 0 Å². The van der Waals surface area contributed by atoms with E-state index in [-0.39, 0.29) is 6.10 Å². The molecule has 0 aliphatic carbocycles. The monoisotopic (exact) mass is 388 g/mol. The number of ether oxygens (including phenoxy) is 1. The van der Waals surface area contributed by atoms with Crippen LogP contribution < -0.4 is 4.74 Å². The third kappa shape index (κ3) is 6.06. The Kier molecular flexibility index (Phi) is 8.21. The first kappa shape index (κ1) is 22.4. The molecule has 0 radical (unpaired) electrons. The van der Waals surface area contributed by atoms with Gasteiger partial charge in [0, 0.05) is 11.9 Å². The summed E-state index contributed by atoms with van der Waals surface area (Å²) in [6, 6.07) is 14.4. The van der Waals surface area contributed by atoms with Crippen LogP contribution >= 0.6 is 0 Å². The van der Waals surface area contributed by atoms with Crippen LogP contribution in [0.4, 0.5) is 0 Å². The minimum absolute atomic E-state index is 0.0320. The van der Waals surface area contributed by atoms with Crippen molar-refractivity contribution in [3.05, 3.63) is 70.4 Å². The van der Waals surface area contributed by atoms with Crippen LogP contribution in [0.1, 0.15) is 75.3 Å². The van der Waals surface area contributed by atoms with Crippen molar-refractivity contribution < 1.29 is 4.74 Å². The fraction of sp³-hybridized carbons (Fsp3) is 0.385. The molecule has 0 heterocycles. The topological polar surface area (TPSA) is 45.4 Å². The molecule has 29 heavy (non-hydrogen) atoms. The zero-order valence-corrected chi connectivity index (χ0v) is 18.5. The van der Waals surface area contributed by atoms with Crippen molar-refractivity contribution in [2.24, 2.45) is 4.99 Å². The number of nitriles is 1. The van der Waals surface area contributed by atoms with Gasteiger partial charge in [0.1, 0.15) is 11.8 Å². The van der Waals surface area contributed by atoms with E-state index in [1.54, 1.807) is 0 Å². The van der Waals surface area contributed by atoms with E-state index in [1.807, 2.05) is 45.2 Å². The highest BCUT2D eigenvalue weighted by Gasteiger charge is 2.09. The highest BCUT2D eigenvalue weighted by Crippen LogP contribution is 2.25. The Morgan fingerprint density at radius 2 is 1.97 bits per heavy atom. The van der Waals surface area contributed by atoms with Crippen LogP contribution in [-0.4, -0.2) is 11.8 Å². The van der Waals surface area contributed by atoms with Gasteiger partial charge < -0.3 is 4.74 Å². The molecule has 0 atom stereocenters. The Hall–Kier alpha value is -2.86. The van der Waals surface area contributed by atoms with Crippen LogP contribution in [0.15, 0.2) is 47.6 Å². The summed E-state index contributed by atoms with van der Waals surface area (Å²) in [5.41, 5.74) is 7.51. The summed E-state index contributed by atoms with van der Waals surface area (Å²) in [5.74, 6) is 0.617. The third-order valence-corrected chi connectivity index (χ3v) is 4.95. The number of aryl methyl sites for hydroxylation is 1. The summed E-state index contributed by atoms with van der Waals surface area (Å²) in [5, 5.41) is 9.45. The van der Waals surface area contributed by atoms with Gasteiger partial charge in [-0.3, -0.25) is 4.99 Å². The molecule has 3 nitrogen and oxygen atoms in total. The van der Waals surface area contributed by atoms with Gasteiger partial charge in [0.25, 0.3) is 0 Å². The summed E-state index contributed by atoms with van der Waals surface area (Å²) >= 11 is 0. The van der Waals surface area contributed by atoms with Gasteiger partial charge in [0.15, 0.2) is 0 Å². The van der Waals surface area contributed by atoms with Crippen LogP contribution in [0.2, 0.25) is 0 Å². The molecular formula is C26H32N2O. The van der Waals surface area contributed by atoms with E-state index >= 15 is 0 Å². The van der Waals surface area contributed by atoms with Gasteiger partial charge in [-0.25, -0.2) is 0 Å². The van der Waals surface area contributed by atoms with Gasteiger partial charge in [-0.2, -0.15) is 5.26 Å². The van der Waals surface area contributed by atoms with Crippen molar-refractivity contribution in [2.45, 2.75) is 66.9 Å². The fourth-order valence-corrected chi connectivity index (χ4v) is 3.29. The number of hydrogen-bond donors (Lipinski definition) is 0. The first-order chi connectivity index (χ1) is 13.9. The van der Waals surface area contributed by atoms with E-state index in [1.165, 1.54) is 29.5 Å². The number of unbranched alkanes of at least 4 members (excludes halogenated alkanes) is 1. The summed E-state index contributed by atoms with van der Waals surface area (Å²) in [4.78, 5) is 4.69. The molecule has 0 fully saturated rings. The second kappa shape index (κ2) is 10.6. The second-order valence-electron chi connectivity index (χ2n) is 7.72. The van der Waals surface area contributed by atoms with Gasteiger partial charge in [0.2, 0.25) is 0 Å². The standard InChI is InChI=1S/C26H32N2O/c1-7-8-11-24-19(4)10-9-12-25(24)20(5)17-28-21(6)22-13-14-26(29-18(2)3)23(15-22)16-27/h9-10,12-15,17-18H,7-8,11H2,1-6H3/b20-17+,28-21?. The van der Waals surface area contributed by atoms with Crippen LogP contribution in [0, 0.1) is 18.3 Å². The number of nitrogens with zero attached hydrogens (tertiary/aromatic N) is 2. The van der Waals surface area contributed by atoms with E-state index in [0.717, 1.165) is 23.3 Å². The van der Waals surface area contributed by atoms with Gasteiger partial charge in [0.05, 0.1) is 11.7 Å². The molecule has 0 spiro atoms. The van der Waals surface area contributed by atoms with Gasteiger partial charge in [-0.15, -0.1) is 0 Å². The van der Waals surface area contributed by atoms with Crippen molar-refractivity contribution in [2.75, 3.05) is 0 Å². The Bertz CT molecular complexity index is 946. The minimum atomic E-state index is 0.0320. The molecule has 0 unspecified atom stereocenters. The largest absolute Gasteiger partial charge is 0.490 e. The minimum Gasteiger partial charge on any atom is -0.490 e. The molecule has 0 saturated carbocycles. The number of allylic oxidation sites excluding steroid dienone is 1. The first-order valence-electron chi connectivity index (χ1n) is 10.4. The summed E-state index contributed by atoms with van der Waals surface area (Å²) in [7, 11) is 0. The Balaban J connectivity index is 2.32. The zero-order chi connectivity index (χ0) is 21.4. The summed E-state index contributed by atoms with van der Waals surface area (Å²) < 4.78 is 5.71. The SMILES string of the molecule is CCCCc1c(C)cccc1/C(C)=C/N=C(C)c1ccc(OC(C)C)c(C#N)c1. The smallest absolute Gasteiger partial charge is 0.137 e. The van der Waals surface area contributed by atoms with Crippen LogP contribution in [-0.2, 0) is 6.42 Å². The van der Waals surface area contributed by atoms with Gasteiger partial charge in [-0.05, 0) is 93.5 Å². The van der Waals surface area contributed by atoms with Crippen molar-refractivity contribution >= 4 is 11.3 Å². The van der Waals surface area contributed by atoms with E-state index in [2.05, 4.69) is 45.0 Å². The Morgan fingerprint density at radius 3 is 2.62 bits per heavy atom. The lowest BCUT2D eigenvalue weighted by Crippen LogP contribution is -2.07. The van der Waals surface area contributed by atoms with Crippen molar-refractivity contribution in [1.29, 1.82) is 5.26 Å². The molecule has 0 amide bonds. The molecule has 2 aromatic rings. The van der Waals surface area contributed by atoms with Crippen molar-refractivity contribution in [3.63, 3.8) is 0 Å². The number of aliphatic imine (C=N–C) groups is 1. The molecule has 0 aliphatic heterocycles. The lowest BCUT2D eigenvalue weighted by Gasteiger charge is -2.13. The first-order valence-corrected chi connectivity index (χ1v) is 10.4. The number of hydrogen-bond acceptors (Lipinski definition) is 3. The number of benzene rings is 2. The van der Waals surface area contributed by atoms with Crippen LogP contribution in [0.5, 0.6) is 5.75 Å². The quantitative estimate of drug-likeness (QED) is 0.463. The van der Waals surface area contributed by atoms with Crippen molar-refractivity contribution in [1.82, 2.24) is 0 Å². The molecule has 0 aliphatic rings. The van der Waals surface area contributed by atoms with Crippen molar-refractivity contribution in [3.8, 4) is 11.8 Å². The van der Waals surface area contributed by atoms with E-state index < -0.39 is 0 Å². The normalized spacial score (nSPS) is 12.2. The Morgan fingerprint density at radius 1 is 1.21 bits per heavy atom. The van der Waals surface area contributed by atoms with Gasteiger partial charge >= 0.3 is 0 Å². The van der Waals surface area contributed by atoms with E-state index in [0.29, 0.717) is 11.3 Å². The fourth-order valence-electron chi connectivity index (χ4n) is 3.29. The van der Waals surface area contributed by atoms with E-state index in [4.69, 9.17) is 9.73 Å². The third-order valence-electron chi connectivity index (χ3n) is 4.95. The summed E-state index contributed by atoms with van der Waals surface area (Å²) in [6.07, 6.45) is 5.43. The lowest BCUT2D eigenvalue weighted by molar-refractivity contribution is 0.241. The molecule has 0 saturated heterocycles. The maximum absolute atomic E-state index is 9.45. The average Bonchev–Trinajstić information content (AvgIpc) is 2.70. The Labute approximate surface area is 175 Å². The van der Waals surface area contributed by atoms with E-state index in [9.17, 15) is 5.26 Å². The lowest BCUT2D eigenvalue weighted by atomic mass is 9.93. The van der Waals surface area contributed by atoms with Crippen LogP contribution in [0.25, 0.3) is 5.57 Å². The highest BCUT2D eigenvalue weighted by molar-refractivity contribution is 5.99. The maximum Gasteiger partial charge on any atom is 0.137 e. The predicted molar refractivity (Wildman–Crippen MR) is 123 cm³/mol. The predicted octanol–water partition coefficient (Wildman–Crippen LogP) is 6.87.